The molecule has 0 unspecified atom stereocenters. The van der Waals surface area contributed by atoms with Crippen LogP contribution in [0.1, 0.15) is 44.3 Å². The van der Waals surface area contributed by atoms with Crippen molar-refractivity contribution in [1.82, 2.24) is 15.0 Å². The van der Waals surface area contributed by atoms with Gasteiger partial charge in [-0.25, -0.2) is 0 Å². The molecule has 108 valence electrons. The van der Waals surface area contributed by atoms with E-state index in [1.54, 1.807) is 0 Å². The lowest BCUT2D eigenvalue weighted by atomic mass is 10.2. The summed E-state index contributed by atoms with van der Waals surface area (Å²) in [6.45, 7) is 4.66. The molecule has 1 aromatic heterocycles. The molecule has 1 aliphatic rings. The van der Waals surface area contributed by atoms with E-state index in [9.17, 15) is 0 Å². The van der Waals surface area contributed by atoms with Crippen molar-refractivity contribution in [1.29, 1.82) is 0 Å². The first-order valence-corrected chi connectivity index (χ1v) is 6.43. The molecule has 0 atom stereocenters. The standard InChI is InChI=1S/C12H21N5O.HI/c1-8(2)11-15-10(18-16-11)6-7-14-12(13)17(3)9-4-5-9;/h8-9H,4-7H2,1-3H3,(H2,13,14);1H. The zero-order valence-electron chi connectivity index (χ0n) is 11.7. The molecular weight excluding hydrogens is 357 g/mol. The van der Waals surface area contributed by atoms with Crippen molar-refractivity contribution in [2.24, 2.45) is 10.7 Å². The number of nitrogens with two attached hydrogens (primary N) is 1. The van der Waals surface area contributed by atoms with Crippen LogP contribution in [-0.2, 0) is 6.42 Å². The summed E-state index contributed by atoms with van der Waals surface area (Å²) in [4.78, 5) is 10.7. The van der Waals surface area contributed by atoms with Crippen molar-refractivity contribution in [2.75, 3.05) is 13.6 Å². The van der Waals surface area contributed by atoms with Crippen LogP contribution in [0, 0.1) is 0 Å². The molecule has 0 spiro atoms. The van der Waals surface area contributed by atoms with Crippen molar-refractivity contribution in [3.8, 4) is 0 Å². The Kier molecular flexibility index (Phi) is 6.02. The van der Waals surface area contributed by atoms with Crippen molar-refractivity contribution >= 4 is 29.9 Å². The number of hydrogen-bond acceptors (Lipinski definition) is 4. The molecule has 0 bridgehead atoms. The Morgan fingerprint density at radius 1 is 1.53 bits per heavy atom. The highest BCUT2D eigenvalue weighted by molar-refractivity contribution is 14.0. The lowest BCUT2D eigenvalue weighted by Crippen LogP contribution is -2.35. The van der Waals surface area contributed by atoms with Crippen LogP contribution in [0.5, 0.6) is 0 Å². The molecule has 0 saturated heterocycles. The fourth-order valence-corrected chi connectivity index (χ4v) is 1.63. The second kappa shape index (κ2) is 7.06. The predicted molar refractivity (Wildman–Crippen MR) is 84.8 cm³/mol. The van der Waals surface area contributed by atoms with Crippen molar-refractivity contribution < 1.29 is 4.52 Å². The number of aromatic nitrogens is 2. The minimum absolute atomic E-state index is 0. The normalized spacial score (nSPS) is 15.5. The largest absolute Gasteiger partial charge is 0.370 e. The molecule has 0 aromatic carbocycles. The second-order valence-electron chi connectivity index (χ2n) is 5.03. The molecule has 0 amide bonds. The molecule has 1 aromatic rings. The van der Waals surface area contributed by atoms with E-state index in [1.807, 2.05) is 25.8 Å². The Hall–Kier alpha value is -0.860. The van der Waals surface area contributed by atoms with Gasteiger partial charge in [0.25, 0.3) is 0 Å². The number of rotatable bonds is 5. The summed E-state index contributed by atoms with van der Waals surface area (Å²) < 4.78 is 5.14. The van der Waals surface area contributed by atoms with Crippen molar-refractivity contribution in [2.45, 2.75) is 45.1 Å². The average Bonchev–Trinajstić information content (AvgIpc) is 3.07. The third-order valence-corrected chi connectivity index (χ3v) is 3.06. The van der Waals surface area contributed by atoms with Gasteiger partial charge in [0.2, 0.25) is 5.89 Å². The molecule has 1 saturated carbocycles. The molecular formula is C12H22IN5O. The van der Waals surface area contributed by atoms with Gasteiger partial charge in [-0.1, -0.05) is 19.0 Å². The first-order valence-electron chi connectivity index (χ1n) is 6.43. The van der Waals surface area contributed by atoms with Crippen molar-refractivity contribution in [3.63, 3.8) is 0 Å². The Morgan fingerprint density at radius 3 is 2.74 bits per heavy atom. The van der Waals surface area contributed by atoms with Crippen LogP contribution in [0.25, 0.3) is 0 Å². The van der Waals surface area contributed by atoms with Crippen LogP contribution < -0.4 is 5.73 Å². The van der Waals surface area contributed by atoms with Crippen molar-refractivity contribution in [3.05, 3.63) is 11.7 Å². The van der Waals surface area contributed by atoms with Crippen LogP contribution in [0.4, 0.5) is 0 Å². The lowest BCUT2D eigenvalue weighted by Gasteiger charge is -2.16. The topological polar surface area (TPSA) is 80.5 Å². The van der Waals surface area contributed by atoms with Crippen LogP contribution in [0.15, 0.2) is 9.52 Å². The molecule has 2 rings (SSSR count). The van der Waals surface area contributed by atoms with E-state index in [1.165, 1.54) is 12.8 Å². The molecule has 0 aliphatic heterocycles. The maximum atomic E-state index is 5.89. The summed E-state index contributed by atoms with van der Waals surface area (Å²) in [6, 6.07) is 0.588. The van der Waals surface area contributed by atoms with Gasteiger partial charge in [0, 0.05) is 25.4 Å². The molecule has 1 aliphatic carbocycles. The van der Waals surface area contributed by atoms with Crippen LogP contribution >= 0.6 is 24.0 Å². The van der Waals surface area contributed by atoms with Gasteiger partial charge in [-0.2, -0.15) is 4.98 Å². The highest BCUT2D eigenvalue weighted by atomic mass is 127. The number of hydrogen-bond donors (Lipinski definition) is 1. The van der Waals surface area contributed by atoms with E-state index >= 15 is 0 Å². The second-order valence-corrected chi connectivity index (χ2v) is 5.03. The Morgan fingerprint density at radius 2 is 2.21 bits per heavy atom. The van der Waals surface area contributed by atoms with Gasteiger partial charge in [0.05, 0.1) is 6.54 Å². The lowest BCUT2D eigenvalue weighted by molar-refractivity contribution is 0.372. The van der Waals surface area contributed by atoms with Gasteiger partial charge in [0.15, 0.2) is 11.8 Å². The Bertz CT molecular complexity index is 428. The quantitative estimate of drug-likeness (QED) is 0.479. The Balaban J connectivity index is 0.00000180. The average molecular weight is 379 g/mol. The molecule has 7 heteroatoms. The third-order valence-electron chi connectivity index (χ3n) is 3.06. The van der Waals surface area contributed by atoms with Gasteiger partial charge in [-0.3, -0.25) is 4.99 Å². The first kappa shape index (κ1) is 16.2. The van der Waals surface area contributed by atoms with Crippen LogP contribution in [0.2, 0.25) is 0 Å². The first-order chi connectivity index (χ1) is 8.58. The number of guanidine groups is 1. The predicted octanol–water partition coefficient (Wildman–Crippen LogP) is 1.76. The van der Waals surface area contributed by atoms with Crippen LogP contribution in [-0.4, -0.2) is 40.6 Å². The number of nitrogens with zero attached hydrogens (tertiary/aromatic N) is 4. The van der Waals surface area contributed by atoms with E-state index < -0.39 is 0 Å². The van der Waals surface area contributed by atoms with Gasteiger partial charge >= 0.3 is 0 Å². The summed E-state index contributed by atoms with van der Waals surface area (Å²) in [6.07, 6.45) is 3.07. The Labute approximate surface area is 130 Å². The molecule has 19 heavy (non-hydrogen) atoms. The van der Waals surface area contributed by atoms with Crippen LogP contribution in [0.3, 0.4) is 0 Å². The highest BCUT2D eigenvalue weighted by Crippen LogP contribution is 2.24. The van der Waals surface area contributed by atoms with Gasteiger partial charge in [-0.05, 0) is 12.8 Å². The minimum atomic E-state index is 0. The smallest absolute Gasteiger partial charge is 0.228 e. The van der Waals surface area contributed by atoms with E-state index in [0.29, 0.717) is 30.9 Å². The van der Waals surface area contributed by atoms with E-state index in [0.717, 1.165) is 5.82 Å². The van der Waals surface area contributed by atoms with Gasteiger partial charge < -0.3 is 15.2 Å². The van der Waals surface area contributed by atoms with E-state index in [2.05, 4.69) is 15.1 Å². The molecule has 2 N–H and O–H groups in total. The zero-order chi connectivity index (χ0) is 13.1. The summed E-state index contributed by atoms with van der Waals surface area (Å²) in [7, 11) is 1.99. The zero-order valence-corrected chi connectivity index (χ0v) is 14.0. The summed E-state index contributed by atoms with van der Waals surface area (Å²) >= 11 is 0. The monoisotopic (exact) mass is 379 g/mol. The highest BCUT2D eigenvalue weighted by Gasteiger charge is 2.27. The van der Waals surface area contributed by atoms with Gasteiger partial charge in [0.1, 0.15) is 0 Å². The molecule has 1 heterocycles. The maximum absolute atomic E-state index is 5.89. The maximum Gasteiger partial charge on any atom is 0.228 e. The summed E-state index contributed by atoms with van der Waals surface area (Å²) in [5.74, 6) is 2.26. The SMILES string of the molecule is CC(C)c1noc(CCN=C(N)N(C)C2CC2)n1.I. The molecule has 0 radical (unpaired) electrons. The molecule has 1 fully saturated rings. The van der Waals surface area contributed by atoms with E-state index in [-0.39, 0.29) is 29.9 Å². The summed E-state index contributed by atoms with van der Waals surface area (Å²) in [5.41, 5.74) is 5.89. The third kappa shape index (κ3) is 4.63. The fourth-order valence-electron chi connectivity index (χ4n) is 1.63. The van der Waals surface area contributed by atoms with Gasteiger partial charge in [-0.15, -0.1) is 24.0 Å². The fraction of sp³-hybridized carbons (Fsp3) is 0.750. The van der Waals surface area contributed by atoms with E-state index in [4.69, 9.17) is 10.3 Å². The molecule has 6 nitrogen and oxygen atoms in total. The minimum Gasteiger partial charge on any atom is -0.370 e. The number of halogens is 1. The number of aliphatic imine (C=N–C) groups is 1. The summed E-state index contributed by atoms with van der Waals surface area (Å²) in [5, 5.41) is 3.91.